The van der Waals surface area contributed by atoms with E-state index in [-0.39, 0.29) is 12.2 Å². The van der Waals surface area contributed by atoms with Gasteiger partial charge in [-0.25, -0.2) is 0 Å². The highest BCUT2D eigenvalue weighted by molar-refractivity contribution is 6.06. The second-order valence-electron chi connectivity index (χ2n) is 13.9. The van der Waals surface area contributed by atoms with Crippen molar-refractivity contribution in [2.45, 2.75) is 17.6 Å². The number of anilines is 3. The number of hydrogen-bond acceptors (Lipinski definition) is 4. The van der Waals surface area contributed by atoms with Crippen LogP contribution in [-0.2, 0) is 5.41 Å². The van der Waals surface area contributed by atoms with E-state index in [2.05, 4.69) is 175 Å². The van der Waals surface area contributed by atoms with Crippen molar-refractivity contribution in [3.63, 3.8) is 0 Å². The van der Waals surface area contributed by atoms with E-state index in [1.54, 1.807) is 0 Å². The van der Waals surface area contributed by atoms with Gasteiger partial charge in [-0.3, -0.25) is 0 Å². The van der Waals surface area contributed by atoms with Crippen molar-refractivity contribution in [2.24, 2.45) is 0 Å². The van der Waals surface area contributed by atoms with E-state index >= 15 is 0 Å². The first-order valence-corrected chi connectivity index (χ1v) is 18.1. The standard InChI is InChI=1S/C49H33NO3/c1-4-14-32(15-5-1)49(33-16-6-2-7-17-33)40-22-12-10-21-38(40)47-41(49)26-29-45-48(47)53-44-28-25-36(31-46(44)52-45)50(34-18-8-3-9-19-34)35-24-27-43-39(30-35)37-20-11-13-23-42(37)51-43/h1-31,45,48H. The highest BCUT2D eigenvalue weighted by Gasteiger charge is 2.52. The second-order valence-corrected chi connectivity index (χ2v) is 13.9. The maximum Gasteiger partial charge on any atom is 0.165 e. The minimum absolute atomic E-state index is 0.300. The third kappa shape index (κ3) is 4.42. The average molecular weight is 684 g/mol. The van der Waals surface area contributed by atoms with E-state index < -0.39 is 5.41 Å². The molecule has 2 atom stereocenters. The molecule has 1 aromatic heterocycles. The number of allylic oxidation sites excluding steroid dienone is 2. The van der Waals surface area contributed by atoms with E-state index in [0.717, 1.165) is 50.5 Å². The van der Waals surface area contributed by atoms with Gasteiger partial charge in [0, 0.05) is 33.8 Å². The van der Waals surface area contributed by atoms with Crippen LogP contribution in [0.1, 0.15) is 22.3 Å². The summed E-state index contributed by atoms with van der Waals surface area (Å²) < 4.78 is 20.2. The lowest BCUT2D eigenvalue weighted by Crippen LogP contribution is -2.41. The maximum absolute atomic E-state index is 7.05. The van der Waals surface area contributed by atoms with Crippen molar-refractivity contribution >= 4 is 44.6 Å². The summed E-state index contributed by atoms with van der Waals surface area (Å²) in [5, 5.41) is 2.18. The molecule has 0 spiro atoms. The Kier molecular flexibility index (Phi) is 6.56. The SMILES string of the molecule is C1=CC2Oc3cc(N(c4ccccc4)c4ccc5oc6ccccc6c5c4)ccc3OC2C2=C1C(c1ccccc1)(c1ccccc1)c1ccccc12. The van der Waals surface area contributed by atoms with Crippen molar-refractivity contribution in [1.29, 1.82) is 0 Å². The van der Waals surface area contributed by atoms with Gasteiger partial charge in [-0.1, -0.05) is 127 Å². The van der Waals surface area contributed by atoms with Crippen molar-refractivity contribution < 1.29 is 13.9 Å². The summed E-state index contributed by atoms with van der Waals surface area (Å²) in [7, 11) is 0. The maximum atomic E-state index is 7.05. The number of rotatable bonds is 5. The van der Waals surface area contributed by atoms with Crippen LogP contribution in [-0.4, -0.2) is 12.2 Å². The zero-order chi connectivity index (χ0) is 34.9. The lowest BCUT2D eigenvalue weighted by Gasteiger charge is -2.39. The summed E-state index contributed by atoms with van der Waals surface area (Å²) in [4.78, 5) is 2.26. The summed E-state index contributed by atoms with van der Waals surface area (Å²) in [6.07, 6.45) is 3.87. The summed E-state index contributed by atoms with van der Waals surface area (Å²) in [5.74, 6) is 1.45. The molecule has 3 aliphatic rings. The Morgan fingerprint density at radius 1 is 0.491 bits per heavy atom. The van der Waals surface area contributed by atoms with Crippen LogP contribution in [0.3, 0.4) is 0 Å². The van der Waals surface area contributed by atoms with E-state index in [0.29, 0.717) is 0 Å². The van der Waals surface area contributed by atoms with Crippen molar-refractivity contribution in [3.8, 4) is 11.5 Å². The molecule has 7 aromatic carbocycles. The van der Waals surface area contributed by atoms with Crippen LogP contribution in [0, 0.1) is 0 Å². The molecular weight excluding hydrogens is 651 g/mol. The van der Waals surface area contributed by atoms with Gasteiger partial charge < -0.3 is 18.8 Å². The predicted molar refractivity (Wildman–Crippen MR) is 213 cm³/mol. The van der Waals surface area contributed by atoms with Crippen LogP contribution in [0.2, 0.25) is 0 Å². The lowest BCUT2D eigenvalue weighted by atomic mass is 9.66. The molecule has 8 aromatic rings. The van der Waals surface area contributed by atoms with E-state index in [4.69, 9.17) is 13.9 Å². The van der Waals surface area contributed by atoms with Crippen molar-refractivity contribution in [2.75, 3.05) is 4.90 Å². The van der Waals surface area contributed by atoms with Gasteiger partial charge >= 0.3 is 0 Å². The quantitative estimate of drug-likeness (QED) is 0.181. The first-order valence-electron chi connectivity index (χ1n) is 18.1. The van der Waals surface area contributed by atoms with Crippen LogP contribution < -0.4 is 14.4 Å². The number of para-hydroxylation sites is 2. The van der Waals surface area contributed by atoms with Gasteiger partial charge in [0.15, 0.2) is 23.7 Å². The molecule has 0 amide bonds. The Morgan fingerprint density at radius 3 is 1.92 bits per heavy atom. The van der Waals surface area contributed by atoms with Gasteiger partial charge in [0.05, 0.1) is 11.1 Å². The number of nitrogens with zero attached hydrogens (tertiary/aromatic N) is 1. The Balaban J connectivity index is 1.03. The van der Waals surface area contributed by atoms with E-state index in [1.807, 2.05) is 18.2 Å². The van der Waals surface area contributed by atoms with Gasteiger partial charge in [-0.15, -0.1) is 0 Å². The topological polar surface area (TPSA) is 34.8 Å². The number of fused-ring (bicyclic) bond motifs is 8. The molecule has 0 saturated carbocycles. The third-order valence-electron chi connectivity index (χ3n) is 11.1. The number of ether oxygens (including phenoxy) is 2. The molecule has 0 saturated heterocycles. The first kappa shape index (κ1) is 29.9. The molecule has 2 aliphatic carbocycles. The van der Waals surface area contributed by atoms with Gasteiger partial charge in [-0.05, 0) is 82.4 Å². The Labute approximate surface area is 307 Å². The minimum Gasteiger partial charge on any atom is -0.478 e. The fourth-order valence-corrected chi connectivity index (χ4v) is 8.89. The molecular formula is C49H33NO3. The molecule has 4 heteroatoms. The molecule has 4 nitrogen and oxygen atoms in total. The van der Waals surface area contributed by atoms with Gasteiger partial charge in [0.25, 0.3) is 0 Å². The van der Waals surface area contributed by atoms with Gasteiger partial charge in [0.2, 0.25) is 0 Å². The van der Waals surface area contributed by atoms with Crippen LogP contribution in [0.4, 0.5) is 17.1 Å². The second kappa shape index (κ2) is 11.6. The number of benzene rings is 7. The largest absolute Gasteiger partial charge is 0.478 e. The first-order chi connectivity index (χ1) is 26.3. The fraction of sp³-hybridized carbons (Fsp3) is 0.0612. The number of hydrogen-bond donors (Lipinski definition) is 0. The molecule has 1 aliphatic heterocycles. The monoisotopic (exact) mass is 683 g/mol. The van der Waals surface area contributed by atoms with Crippen LogP contribution in [0.25, 0.3) is 27.5 Å². The molecule has 0 radical (unpaired) electrons. The smallest absolute Gasteiger partial charge is 0.165 e. The zero-order valence-corrected chi connectivity index (χ0v) is 28.7. The highest BCUT2D eigenvalue weighted by Crippen LogP contribution is 2.58. The summed E-state index contributed by atoms with van der Waals surface area (Å²) in [6.45, 7) is 0. The lowest BCUT2D eigenvalue weighted by molar-refractivity contribution is 0.0812. The predicted octanol–water partition coefficient (Wildman–Crippen LogP) is 11.9. The third-order valence-corrected chi connectivity index (χ3v) is 11.1. The summed E-state index contributed by atoms with van der Waals surface area (Å²) >= 11 is 0. The average Bonchev–Trinajstić information content (AvgIpc) is 3.75. The Hall–Kier alpha value is -6.78. The zero-order valence-electron chi connectivity index (χ0n) is 28.7. The van der Waals surface area contributed by atoms with Crippen LogP contribution in [0.5, 0.6) is 11.5 Å². The fourth-order valence-electron chi connectivity index (χ4n) is 8.89. The highest BCUT2D eigenvalue weighted by atomic mass is 16.6. The molecule has 53 heavy (non-hydrogen) atoms. The molecule has 252 valence electrons. The molecule has 0 N–H and O–H groups in total. The molecule has 2 heterocycles. The molecule has 2 unspecified atom stereocenters. The van der Waals surface area contributed by atoms with Crippen LogP contribution in [0.15, 0.2) is 198 Å². The van der Waals surface area contributed by atoms with Crippen molar-refractivity contribution in [3.05, 3.63) is 216 Å². The molecule has 0 bridgehead atoms. The van der Waals surface area contributed by atoms with Crippen LogP contribution >= 0.6 is 0 Å². The summed E-state index contributed by atoms with van der Waals surface area (Å²) in [6, 6.07) is 61.9. The van der Waals surface area contributed by atoms with Gasteiger partial charge in [-0.2, -0.15) is 0 Å². The Bertz CT molecular complexity index is 2710. The van der Waals surface area contributed by atoms with Crippen molar-refractivity contribution in [1.82, 2.24) is 0 Å². The van der Waals surface area contributed by atoms with E-state index in [9.17, 15) is 0 Å². The normalized spacial score (nSPS) is 17.7. The molecule has 0 fully saturated rings. The van der Waals surface area contributed by atoms with Gasteiger partial charge in [0.1, 0.15) is 11.2 Å². The number of furan rings is 1. The Morgan fingerprint density at radius 2 is 1.13 bits per heavy atom. The summed E-state index contributed by atoms with van der Waals surface area (Å²) in [5.41, 5.74) is 11.7. The molecule has 11 rings (SSSR count). The minimum atomic E-state index is -0.485. The van der Waals surface area contributed by atoms with E-state index in [1.165, 1.54) is 33.4 Å².